The number of nitrogens with zero attached hydrogens (tertiary/aromatic N) is 3. The van der Waals surface area contributed by atoms with Crippen molar-refractivity contribution in [2.24, 2.45) is 11.8 Å². The van der Waals surface area contributed by atoms with E-state index in [4.69, 9.17) is 4.42 Å². The van der Waals surface area contributed by atoms with Crippen LogP contribution in [0.5, 0.6) is 0 Å². The Morgan fingerprint density at radius 1 is 1.09 bits per heavy atom. The van der Waals surface area contributed by atoms with Crippen molar-refractivity contribution in [2.75, 3.05) is 46.3 Å². The van der Waals surface area contributed by atoms with Gasteiger partial charge in [-0.05, 0) is 87.5 Å². The Morgan fingerprint density at radius 3 is 2.59 bits per heavy atom. The van der Waals surface area contributed by atoms with Crippen molar-refractivity contribution in [2.45, 2.75) is 38.6 Å². The number of hydrogen-bond donors (Lipinski definition) is 0. The standard InChI is InChI=1S/C26H36FN3O2/c1-28(26(31)23-4-2-13-30(19-23)20-25-5-3-17-32-25)18-22-11-15-29(16-12-22)14-10-21-6-8-24(27)9-7-21/h3,5-9,17,22-23H,2,4,10-16,18-20H2,1H3. The minimum atomic E-state index is -0.174. The van der Waals surface area contributed by atoms with Gasteiger partial charge in [-0.25, -0.2) is 4.39 Å². The highest BCUT2D eigenvalue weighted by molar-refractivity contribution is 5.78. The molecule has 2 saturated heterocycles. The topological polar surface area (TPSA) is 39.9 Å². The van der Waals surface area contributed by atoms with Crippen LogP contribution in [0, 0.1) is 17.7 Å². The summed E-state index contributed by atoms with van der Waals surface area (Å²) in [5.74, 6) is 1.77. The zero-order valence-electron chi connectivity index (χ0n) is 19.2. The lowest BCUT2D eigenvalue weighted by atomic mass is 9.93. The number of piperidine rings is 2. The van der Waals surface area contributed by atoms with E-state index >= 15 is 0 Å². The highest BCUT2D eigenvalue weighted by Gasteiger charge is 2.30. The predicted molar refractivity (Wildman–Crippen MR) is 124 cm³/mol. The van der Waals surface area contributed by atoms with E-state index in [1.807, 2.05) is 36.2 Å². The molecule has 2 aromatic rings. The summed E-state index contributed by atoms with van der Waals surface area (Å²) in [5, 5.41) is 0. The summed E-state index contributed by atoms with van der Waals surface area (Å²) >= 11 is 0. The van der Waals surface area contributed by atoms with Crippen LogP contribution in [0.3, 0.4) is 0 Å². The van der Waals surface area contributed by atoms with Gasteiger partial charge in [0.2, 0.25) is 5.91 Å². The van der Waals surface area contributed by atoms with Gasteiger partial charge in [0.25, 0.3) is 0 Å². The van der Waals surface area contributed by atoms with Crippen LogP contribution >= 0.6 is 0 Å². The van der Waals surface area contributed by atoms with E-state index in [0.29, 0.717) is 11.8 Å². The normalized spacial score (nSPS) is 21.0. The molecule has 0 aliphatic carbocycles. The summed E-state index contributed by atoms with van der Waals surface area (Å²) in [4.78, 5) is 19.9. The monoisotopic (exact) mass is 441 g/mol. The third kappa shape index (κ3) is 6.42. The first kappa shape index (κ1) is 23.0. The molecule has 1 amide bonds. The van der Waals surface area contributed by atoms with E-state index in [9.17, 15) is 9.18 Å². The number of carbonyl (C=O) groups excluding carboxylic acids is 1. The lowest BCUT2D eigenvalue weighted by Gasteiger charge is -2.36. The lowest BCUT2D eigenvalue weighted by Crippen LogP contribution is -2.45. The SMILES string of the molecule is CN(CC1CCN(CCc2ccc(F)cc2)CC1)C(=O)C1CCCN(Cc2ccco2)C1. The van der Waals surface area contributed by atoms with Crippen molar-refractivity contribution in [1.82, 2.24) is 14.7 Å². The van der Waals surface area contributed by atoms with Gasteiger partial charge < -0.3 is 14.2 Å². The largest absolute Gasteiger partial charge is 0.468 e. The molecule has 0 N–H and O–H groups in total. The van der Waals surface area contributed by atoms with Gasteiger partial charge in [0.05, 0.1) is 18.7 Å². The van der Waals surface area contributed by atoms with Crippen LogP contribution in [0.25, 0.3) is 0 Å². The molecular weight excluding hydrogens is 405 g/mol. The maximum absolute atomic E-state index is 13.1. The second-order valence-corrected chi connectivity index (χ2v) is 9.53. The van der Waals surface area contributed by atoms with Gasteiger partial charge in [-0.1, -0.05) is 12.1 Å². The zero-order valence-corrected chi connectivity index (χ0v) is 19.2. The number of amides is 1. The minimum absolute atomic E-state index is 0.0968. The van der Waals surface area contributed by atoms with Crippen molar-refractivity contribution >= 4 is 5.91 Å². The first-order valence-corrected chi connectivity index (χ1v) is 12.0. The molecule has 1 aromatic heterocycles. The highest BCUT2D eigenvalue weighted by atomic mass is 19.1. The summed E-state index contributed by atoms with van der Waals surface area (Å²) < 4.78 is 18.5. The number of furan rings is 1. The maximum Gasteiger partial charge on any atom is 0.226 e. The van der Waals surface area contributed by atoms with Gasteiger partial charge in [0, 0.05) is 26.7 Å². The smallest absolute Gasteiger partial charge is 0.226 e. The van der Waals surface area contributed by atoms with E-state index < -0.39 is 0 Å². The summed E-state index contributed by atoms with van der Waals surface area (Å²) in [5.41, 5.74) is 1.19. The molecule has 3 heterocycles. The van der Waals surface area contributed by atoms with Crippen LogP contribution in [0.4, 0.5) is 4.39 Å². The lowest BCUT2D eigenvalue weighted by molar-refractivity contribution is -0.137. The number of carbonyl (C=O) groups is 1. The van der Waals surface area contributed by atoms with Crippen molar-refractivity contribution < 1.29 is 13.6 Å². The van der Waals surface area contributed by atoms with E-state index in [2.05, 4.69) is 9.80 Å². The van der Waals surface area contributed by atoms with E-state index in [1.165, 1.54) is 17.7 Å². The van der Waals surface area contributed by atoms with Gasteiger partial charge in [-0.2, -0.15) is 0 Å². The van der Waals surface area contributed by atoms with E-state index in [1.54, 1.807) is 6.26 Å². The highest BCUT2D eigenvalue weighted by Crippen LogP contribution is 2.23. The molecule has 1 atom stereocenters. The van der Waals surface area contributed by atoms with Gasteiger partial charge in [-0.15, -0.1) is 0 Å². The summed E-state index contributed by atoms with van der Waals surface area (Å²) in [6.07, 6.45) is 6.99. The molecule has 5 nitrogen and oxygen atoms in total. The molecule has 2 aliphatic heterocycles. The van der Waals surface area contributed by atoms with Crippen molar-refractivity contribution in [3.05, 3.63) is 59.8 Å². The summed E-state index contributed by atoms with van der Waals surface area (Å²) in [7, 11) is 1.98. The molecule has 32 heavy (non-hydrogen) atoms. The van der Waals surface area contributed by atoms with Gasteiger partial charge >= 0.3 is 0 Å². The molecule has 1 aromatic carbocycles. The fourth-order valence-corrected chi connectivity index (χ4v) is 5.14. The second kappa shape index (κ2) is 11.1. The number of hydrogen-bond acceptors (Lipinski definition) is 4. The molecule has 0 saturated carbocycles. The number of rotatable bonds is 8. The van der Waals surface area contributed by atoms with Crippen LogP contribution in [0.1, 0.15) is 37.0 Å². The third-order valence-electron chi connectivity index (χ3n) is 7.06. The number of benzene rings is 1. The molecule has 0 spiro atoms. The molecule has 2 aliphatic rings. The average molecular weight is 442 g/mol. The molecule has 2 fully saturated rings. The first-order valence-electron chi connectivity index (χ1n) is 12.0. The number of likely N-dealkylation sites (tertiary alicyclic amines) is 2. The van der Waals surface area contributed by atoms with Gasteiger partial charge in [0.15, 0.2) is 0 Å². The van der Waals surface area contributed by atoms with Gasteiger partial charge in [0.1, 0.15) is 11.6 Å². The zero-order chi connectivity index (χ0) is 22.3. The predicted octanol–water partition coefficient (Wildman–Crippen LogP) is 4.04. The fourth-order valence-electron chi connectivity index (χ4n) is 5.14. The minimum Gasteiger partial charge on any atom is -0.468 e. The Kier molecular flexibility index (Phi) is 7.98. The Morgan fingerprint density at radius 2 is 1.88 bits per heavy atom. The summed E-state index contributed by atoms with van der Waals surface area (Å²) in [6.45, 7) is 6.68. The van der Waals surface area contributed by atoms with Gasteiger partial charge in [-0.3, -0.25) is 9.69 Å². The molecule has 4 rings (SSSR count). The van der Waals surface area contributed by atoms with Crippen LogP contribution in [0.2, 0.25) is 0 Å². The molecular formula is C26H36FN3O2. The fraction of sp³-hybridized carbons (Fsp3) is 0.577. The Labute approximate surface area is 191 Å². The quantitative estimate of drug-likeness (QED) is 0.620. The van der Waals surface area contributed by atoms with Crippen LogP contribution in [-0.2, 0) is 17.8 Å². The van der Waals surface area contributed by atoms with E-state index in [0.717, 1.165) is 83.7 Å². The van der Waals surface area contributed by atoms with E-state index in [-0.39, 0.29) is 11.7 Å². The first-order chi connectivity index (χ1) is 15.6. The van der Waals surface area contributed by atoms with Crippen molar-refractivity contribution in [3.63, 3.8) is 0 Å². The molecule has 0 radical (unpaired) electrons. The molecule has 6 heteroatoms. The molecule has 174 valence electrons. The summed E-state index contributed by atoms with van der Waals surface area (Å²) in [6, 6.07) is 10.8. The Balaban J connectivity index is 1.17. The second-order valence-electron chi connectivity index (χ2n) is 9.53. The third-order valence-corrected chi connectivity index (χ3v) is 7.06. The van der Waals surface area contributed by atoms with Crippen molar-refractivity contribution in [1.29, 1.82) is 0 Å². The molecule has 1 unspecified atom stereocenters. The molecule has 0 bridgehead atoms. The maximum atomic E-state index is 13.1. The van der Waals surface area contributed by atoms with Crippen LogP contribution in [-0.4, -0.2) is 66.9 Å². The average Bonchev–Trinajstić information content (AvgIpc) is 3.32. The van der Waals surface area contributed by atoms with Crippen molar-refractivity contribution in [3.8, 4) is 0 Å². The van der Waals surface area contributed by atoms with Crippen LogP contribution in [0.15, 0.2) is 47.1 Å². The Bertz CT molecular complexity index is 831. The Hall–Kier alpha value is -2.18. The van der Waals surface area contributed by atoms with Crippen LogP contribution < -0.4 is 0 Å². The number of halogens is 1.